The molecule has 0 aromatic heterocycles. The van der Waals surface area contributed by atoms with Gasteiger partial charge in [-0.1, -0.05) is 28.1 Å². The highest BCUT2D eigenvalue weighted by Crippen LogP contribution is 2.23. The molecular formula is C9H10BrClO2S. The van der Waals surface area contributed by atoms with Crippen LogP contribution in [0.5, 0.6) is 0 Å². The summed E-state index contributed by atoms with van der Waals surface area (Å²) in [5.41, 5.74) is 0.820. The van der Waals surface area contributed by atoms with Crippen LogP contribution in [0.25, 0.3) is 0 Å². The molecule has 14 heavy (non-hydrogen) atoms. The van der Waals surface area contributed by atoms with Crippen LogP contribution in [0.4, 0.5) is 0 Å². The molecule has 0 aliphatic heterocycles. The smallest absolute Gasteiger partial charge is 0.149 e. The predicted molar refractivity (Wildman–Crippen MR) is 62.4 cm³/mol. The van der Waals surface area contributed by atoms with Crippen molar-refractivity contribution in [2.24, 2.45) is 0 Å². The van der Waals surface area contributed by atoms with Crippen molar-refractivity contribution in [2.75, 3.05) is 12.0 Å². The lowest BCUT2D eigenvalue weighted by molar-refractivity contribution is 0.600. The first-order valence-electron chi connectivity index (χ1n) is 3.96. The first kappa shape index (κ1) is 12.0. The zero-order valence-corrected chi connectivity index (χ0v) is 10.7. The number of rotatable bonds is 3. The number of benzene rings is 1. The average molecular weight is 298 g/mol. The molecule has 0 aliphatic carbocycles. The Morgan fingerprint density at radius 2 is 1.86 bits per heavy atom. The molecule has 5 heteroatoms. The highest BCUT2D eigenvalue weighted by molar-refractivity contribution is 9.10. The van der Waals surface area contributed by atoms with Crippen molar-refractivity contribution in [1.82, 2.24) is 0 Å². The number of alkyl halides is 1. The second-order valence-corrected chi connectivity index (χ2v) is 6.74. The summed E-state index contributed by atoms with van der Waals surface area (Å²) < 4.78 is 22.9. The summed E-state index contributed by atoms with van der Waals surface area (Å²) >= 11 is 9.24. The van der Waals surface area contributed by atoms with Crippen molar-refractivity contribution in [2.45, 2.75) is 5.38 Å². The van der Waals surface area contributed by atoms with Gasteiger partial charge in [0.2, 0.25) is 0 Å². The maximum absolute atomic E-state index is 11.0. The summed E-state index contributed by atoms with van der Waals surface area (Å²) in [6.45, 7) is 0. The van der Waals surface area contributed by atoms with E-state index < -0.39 is 15.2 Å². The van der Waals surface area contributed by atoms with Gasteiger partial charge in [0.15, 0.2) is 0 Å². The fourth-order valence-electron chi connectivity index (χ4n) is 1.03. The van der Waals surface area contributed by atoms with Crippen LogP contribution in [0.3, 0.4) is 0 Å². The third kappa shape index (κ3) is 3.98. The summed E-state index contributed by atoms with van der Waals surface area (Å²) in [4.78, 5) is 0. The van der Waals surface area contributed by atoms with Crippen molar-refractivity contribution >= 4 is 37.4 Å². The van der Waals surface area contributed by atoms with Gasteiger partial charge in [0, 0.05) is 10.7 Å². The Kier molecular flexibility index (Phi) is 3.98. The molecule has 1 rings (SSSR count). The molecule has 1 unspecified atom stereocenters. The minimum atomic E-state index is -3.03. The normalized spacial score (nSPS) is 13.9. The van der Waals surface area contributed by atoms with Crippen LogP contribution in [-0.2, 0) is 9.84 Å². The van der Waals surface area contributed by atoms with E-state index in [0.29, 0.717) is 0 Å². The van der Waals surface area contributed by atoms with Gasteiger partial charge in [-0.15, -0.1) is 11.6 Å². The van der Waals surface area contributed by atoms with E-state index in [1.54, 1.807) is 0 Å². The molecular weight excluding hydrogens is 288 g/mol. The minimum Gasteiger partial charge on any atom is -0.229 e. The molecule has 1 aromatic carbocycles. The molecule has 0 N–H and O–H groups in total. The van der Waals surface area contributed by atoms with Crippen molar-refractivity contribution < 1.29 is 8.42 Å². The summed E-state index contributed by atoms with van der Waals surface area (Å²) in [5, 5.41) is -0.474. The second kappa shape index (κ2) is 4.64. The number of sulfone groups is 1. The van der Waals surface area contributed by atoms with E-state index >= 15 is 0 Å². The quantitative estimate of drug-likeness (QED) is 0.804. The van der Waals surface area contributed by atoms with Crippen LogP contribution in [0.15, 0.2) is 28.7 Å². The molecule has 78 valence electrons. The van der Waals surface area contributed by atoms with Gasteiger partial charge in [-0.2, -0.15) is 0 Å². The van der Waals surface area contributed by atoms with E-state index in [9.17, 15) is 8.42 Å². The van der Waals surface area contributed by atoms with Crippen LogP contribution in [0.2, 0.25) is 0 Å². The fraction of sp³-hybridized carbons (Fsp3) is 0.333. The Balaban J connectivity index is 2.80. The average Bonchev–Trinajstić information content (AvgIpc) is 2.02. The molecule has 2 nitrogen and oxygen atoms in total. The number of hydrogen-bond donors (Lipinski definition) is 0. The highest BCUT2D eigenvalue weighted by Gasteiger charge is 2.14. The van der Waals surface area contributed by atoms with Gasteiger partial charge < -0.3 is 0 Å². The largest absolute Gasteiger partial charge is 0.229 e. The Morgan fingerprint density at radius 1 is 1.36 bits per heavy atom. The predicted octanol–water partition coefficient (Wildman–Crippen LogP) is 2.77. The zero-order valence-electron chi connectivity index (χ0n) is 7.57. The zero-order chi connectivity index (χ0) is 10.8. The molecule has 0 radical (unpaired) electrons. The molecule has 0 aliphatic rings. The molecule has 0 spiro atoms. The lowest BCUT2D eigenvalue weighted by Gasteiger charge is -2.07. The lowest BCUT2D eigenvalue weighted by atomic mass is 10.2. The van der Waals surface area contributed by atoms with Gasteiger partial charge in [-0.25, -0.2) is 8.42 Å². The minimum absolute atomic E-state index is 0.0316. The van der Waals surface area contributed by atoms with E-state index in [1.165, 1.54) is 6.26 Å². The van der Waals surface area contributed by atoms with Crippen LogP contribution in [0, 0.1) is 0 Å². The molecule has 1 atom stereocenters. The van der Waals surface area contributed by atoms with Crippen LogP contribution >= 0.6 is 27.5 Å². The Hall–Kier alpha value is -0.0600. The SMILES string of the molecule is CS(=O)(=O)CC(Cl)c1ccc(Br)cc1. The van der Waals surface area contributed by atoms with E-state index in [2.05, 4.69) is 15.9 Å². The second-order valence-electron chi connectivity index (χ2n) is 3.11. The lowest BCUT2D eigenvalue weighted by Crippen LogP contribution is -2.08. The number of hydrogen-bond acceptors (Lipinski definition) is 2. The Labute approximate surface area is 97.3 Å². The van der Waals surface area contributed by atoms with Crippen LogP contribution in [0.1, 0.15) is 10.9 Å². The van der Waals surface area contributed by atoms with Gasteiger partial charge in [0.1, 0.15) is 9.84 Å². The Morgan fingerprint density at radius 3 is 2.29 bits per heavy atom. The maximum atomic E-state index is 11.0. The topological polar surface area (TPSA) is 34.1 Å². The van der Waals surface area contributed by atoms with E-state index in [1.807, 2.05) is 24.3 Å². The molecule has 0 saturated carbocycles. The molecule has 0 saturated heterocycles. The van der Waals surface area contributed by atoms with Gasteiger partial charge in [0.05, 0.1) is 11.1 Å². The molecule has 0 fully saturated rings. The first-order chi connectivity index (χ1) is 6.38. The van der Waals surface area contributed by atoms with Crippen LogP contribution < -0.4 is 0 Å². The van der Waals surface area contributed by atoms with E-state index in [4.69, 9.17) is 11.6 Å². The molecule has 0 heterocycles. The van der Waals surface area contributed by atoms with Crippen molar-refractivity contribution in [1.29, 1.82) is 0 Å². The van der Waals surface area contributed by atoms with Gasteiger partial charge >= 0.3 is 0 Å². The maximum Gasteiger partial charge on any atom is 0.149 e. The van der Waals surface area contributed by atoms with Gasteiger partial charge in [0.25, 0.3) is 0 Å². The third-order valence-electron chi connectivity index (χ3n) is 1.68. The summed E-state index contributed by atoms with van der Waals surface area (Å²) in [7, 11) is -3.03. The van der Waals surface area contributed by atoms with Gasteiger partial charge in [-0.05, 0) is 17.7 Å². The van der Waals surface area contributed by atoms with E-state index in [-0.39, 0.29) is 5.75 Å². The molecule has 0 bridgehead atoms. The fourth-order valence-corrected chi connectivity index (χ4v) is 2.85. The standard InChI is InChI=1S/C9H10BrClO2S/c1-14(12,13)6-9(11)7-2-4-8(10)5-3-7/h2-5,9H,6H2,1H3. The number of halogens is 2. The van der Waals surface area contributed by atoms with Crippen LogP contribution in [-0.4, -0.2) is 20.4 Å². The van der Waals surface area contributed by atoms with Gasteiger partial charge in [-0.3, -0.25) is 0 Å². The van der Waals surface area contributed by atoms with Crippen molar-refractivity contribution in [3.8, 4) is 0 Å². The Bertz CT molecular complexity index is 399. The third-order valence-corrected chi connectivity index (χ3v) is 3.74. The monoisotopic (exact) mass is 296 g/mol. The summed E-state index contributed by atoms with van der Waals surface area (Å²) in [6.07, 6.45) is 1.18. The highest BCUT2D eigenvalue weighted by atomic mass is 79.9. The summed E-state index contributed by atoms with van der Waals surface area (Å²) in [6, 6.07) is 7.31. The van der Waals surface area contributed by atoms with E-state index in [0.717, 1.165) is 10.0 Å². The van der Waals surface area contributed by atoms with Crippen molar-refractivity contribution in [3.05, 3.63) is 34.3 Å². The van der Waals surface area contributed by atoms with Crippen molar-refractivity contribution in [3.63, 3.8) is 0 Å². The molecule has 0 amide bonds. The summed E-state index contributed by atoms with van der Waals surface area (Å²) in [5.74, 6) is -0.0316. The molecule has 1 aromatic rings. The first-order valence-corrected chi connectivity index (χ1v) is 7.25.